The molecule has 0 saturated carbocycles. The summed E-state index contributed by atoms with van der Waals surface area (Å²) in [5.74, 6) is 2.42. The Morgan fingerprint density at radius 3 is 2.55 bits per heavy atom. The molecule has 1 N–H and O–H groups in total. The molecular weight excluding hydrogens is 447 g/mol. The summed E-state index contributed by atoms with van der Waals surface area (Å²) in [6, 6.07) is 3.77. The van der Waals surface area contributed by atoms with Crippen molar-refractivity contribution in [3.05, 3.63) is 47.6 Å². The Morgan fingerprint density at radius 1 is 1.21 bits per heavy atom. The summed E-state index contributed by atoms with van der Waals surface area (Å²) in [4.78, 5) is 15.3. The van der Waals surface area contributed by atoms with Gasteiger partial charge in [-0.3, -0.25) is 0 Å². The largest absolute Gasteiger partial charge is 0.356 e. The Kier molecular flexibility index (Phi) is 6.33. The van der Waals surface area contributed by atoms with E-state index in [2.05, 4.69) is 30.3 Å². The van der Waals surface area contributed by atoms with Gasteiger partial charge in [-0.2, -0.15) is 4.98 Å². The average molecular weight is 475 g/mol. The summed E-state index contributed by atoms with van der Waals surface area (Å²) in [5.41, 5.74) is 0.925. The van der Waals surface area contributed by atoms with E-state index in [1.807, 2.05) is 20.8 Å². The first-order valence-corrected chi connectivity index (χ1v) is 12.7. The highest BCUT2D eigenvalue weighted by Gasteiger charge is 2.27. The van der Waals surface area contributed by atoms with Gasteiger partial charge in [-0.25, -0.2) is 22.8 Å². The first-order chi connectivity index (χ1) is 15.6. The van der Waals surface area contributed by atoms with Crippen LogP contribution in [0.5, 0.6) is 0 Å². The minimum atomic E-state index is -3.49. The minimum absolute atomic E-state index is 0.0738. The maximum atomic E-state index is 14.5. The Hall–Kier alpha value is -3.08. The van der Waals surface area contributed by atoms with Gasteiger partial charge in [-0.15, -0.1) is 0 Å². The molecule has 0 radical (unpaired) electrons. The lowest BCUT2D eigenvalue weighted by Gasteiger charge is -2.32. The number of hydrogen-bond acceptors (Lipinski definition) is 9. The monoisotopic (exact) mass is 474 g/mol. The highest BCUT2D eigenvalue weighted by atomic mass is 32.2. The highest BCUT2D eigenvalue weighted by Crippen LogP contribution is 2.33. The fraction of sp³-hybridized carbons (Fsp3) is 0.455. The van der Waals surface area contributed by atoms with E-state index in [4.69, 9.17) is 4.52 Å². The molecule has 0 unspecified atom stereocenters. The molecule has 1 aliphatic rings. The van der Waals surface area contributed by atoms with Crippen molar-refractivity contribution in [1.82, 2.24) is 20.1 Å². The highest BCUT2D eigenvalue weighted by molar-refractivity contribution is 7.90. The number of piperidine rings is 1. The number of nitrogens with zero attached hydrogens (tertiary/aromatic N) is 5. The van der Waals surface area contributed by atoms with Crippen LogP contribution in [0, 0.1) is 12.7 Å². The van der Waals surface area contributed by atoms with Crippen LogP contribution < -0.4 is 10.2 Å². The first kappa shape index (κ1) is 23.1. The molecule has 0 amide bonds. The standard InChI is InChI=1S/C22H27FN6O3S/c1-13(2)19-27-22(32-28-19)15-7-9-29(10-8-15)21-14(3)20(24-12-25-21)26-18-6-5-16(11-17(18)23)33(4,30)31/h5-6,11-13,15H,7-10H2,1-4H3,(H,24,25,26). The van der Waals surface area contributed by atoms with Crippen LogP contribution in [0.3, 0.4) is 0 Å². The van der Waals surface area contributed by atoms with Crippen LogP contribution in [0.2, 0.25) is 0 Å². The van der Waals surface area contributed by atoms with Gasteiger partial charge in [0, 0.05) is 36.7 Å². The van der Waals surface area contributed by atoms with E-state index in [0.29, 0.717) is 11.7 Å². The van der Waals surface area contributed by atoms with Crippen molar-refractivity contribution in [3.8, 4) is 0 Å². The van der Waals surface area contributed by atoms with Crippen molar-refractivity contribution in [1.29, 1.82) is 0 Å². The van der Waals surface area contributed by atoms with E-state index in [9.17, 15) is 12.8 Å². The zero-order valence-electron chi connectivity index (χ0n) is 19.0. The second kappa shape index (κ2) is 9.05. The van der Waals surface area contributed by atoms with E-state index in [0.717, 1.165) is 55.5 Å². The number of halogens is 1. The molecule has 4 rings (SSSR count). The number of aromatic nitrogens is 4. The normalized spacial score (nSPS) is 15.3. The van der Waals surface area contributed by atoms with Gasteiger partial charge in [0.25, 0.3) is 0 Å². The fourth-order valence-electron chi connectivity index (χ4n) is 3.83. The average Bonchev–Trinajstić information content (AvgIpc) is 3.27. The van der Waals surface area contributed by atoms with Gasteiger partial charge in [-0.1, -0.05) is 19.0 Å². The Morgan fingerprint density at radius 2 is 1.94 bits per heavy atom. The van der Waals surface area contributed by atoms with Crippen LogP contribution in [-0.2, 0) is 9.84 Å². The lowest BCUT2D eigenvalue weighted by Crippen LogP contribution is -2.34. The lowest BCUT2D eigenvalue weighted by molar-refractivity contribution is 0.325. The molecule has 33 heavy (non-hydrogen) atoms. The van der Waals surface area contributed by atoms with Crippen LogP contribution in [0.4, 0.5) is 21.7 Å². The number of nitrogens with one attached hydrogen (secondary N) is 1. The van der Waals surface area contributed by atoms with E-state index < -0.39 is 15.7 Å². The smallest absolute Gasteiger partial charge is 0.229 e. The third-order valence-corrected chi connectivity index (χ3v) is 6.91. The van der Waals surface area contributed by atoms with Crippen LogP contribution in [-0.4, -0.2) is 47.9 Å². The number of anilines is 3. The first-order valence-electron chi connectivity index (χ1n) is 10.8. The predicted octanol–water partition coefficient (Wildman–Crippen LogP) is 3.96. The Balaban J connectivity index is 1.48. The van der Waals surface area contributed by atoms with Gasteiger partial charge in [0.05, 0.1) is 10.6 Å². The fourth-order valence-corrected chi connectivity index (χ4v) is 4.46. The predicted molar refractivity (Wildman–Crippen MR) is 122 cm³/mol. The quantitative estimate of drug-likeness (QED) is 0.567. The molecule has 0 bridgehead atoms. The molecule has 9 nitrogen and oxygen atoms in total. The number of benzene rings is 1. The summed E-state index contributed by atoms with van der Waals surface area (Å²) in [6.07, 6.45) is 4.19. The third-order valence-electron chi connectivity index (χ3n) is 5.80. The lowest BCUT2D eigenvalue weighted by atomic mass is 9.96. The summed E-state index contributed by atoms with van der Waals surface area (Å²) >= 11 is 0. The summed E-state index contributed by atoms with van der Waals surface area (Å²) < 4.78 is 43.3. The van der Waals surface area contributed by atoms with Gasteiger partial charge < -0.3 is 14.7 Å². The van der Waals surface area contributed by atoms with Crippen LogP contribution in [0.1, 0.15) is 55.8 Å². The van der Waals surface area contributed by atoms with Crippen molar-refractivity contribution in [2.45, 2.75) is 50.3 Å². The van der Waals surface area contributed by atoms with Crippen molar-refractivity contribution in [2.75, 3.05) is 29.6 Å². The number of hydrogen-bond donors (Lipinski definition) is 1. The molecule has 1 fully saturated rings. The molecule has 3 aromatic rings. The summed E-state index contributed by atoms with van der Waals surface area (Å²) in [6.45, 7) is 7.47. The number of sulfone groups is 1. The maximum Gasteiger partial charge on any atom is 0.229 e. The van der Waals surface area contributed by atoms with Crippen LogP contribution >= 0.6 is 0 Å². The zero-order chi connectivity index (χ0) is 23.8. The molecule has 0 atom stereocenters. The van der Waals surface area contributed by atoms with Crippen LogP contribution in [0.25, 0.3) is 0 Å². The summed E-state index contributed by atoms with van der Waals surface area (Å²) in [5, 5.41) is 7.03. The molecule has 1 saturated heterocycles. The SMILES string of the molecule is Cc1c(Nc2ccc(S(C)(=O)=O)cc2F)ncnc1N1CCC(c2nc(C(C)C)no2)CC1. The topological polar surface area (TPSA) is 114 Å². The van der Waals surface area contributed by atoms with Gasteiger partial charge in [0.2, 0.25) is 5.89 Å². The van der Waals surface area contributed by atoms with E-state index in [-0.39, 0.29) is 22.4 Å². The molecule has 1 aromatic carbocycles. The van der Waals surface area contributed by atoms with Gasteiger partial charge in [0.1, 0.15) is 23.8 Å². The van der Waals surface area contributed by atoms with E-state index in [1.165, 1.54) is 18.5 Å². The molecule has 11 heteroatoms. The molecule has 3 heterocycles. The van der Waals surface area contributed by atoms with Gasteiger partial charge >= 0.3 is 0 Å². The molecule has 176 valence electrons. The second-order valence-electron chi connectivity index (χ2n) is 8.62. The maximum absolute atomic E-state index is 14.5. The second-order valence-corrected chi connectivity index (χ2v) is 10.6. The Labute approximate surface area is 192 Å². The molecule has 2 aromatic heterocycles. The van der Waals surface area contributed by atoms with E-state index in [1.54, 1.807) is 0 Å². The molecule has 0 spiro atoms. The minimum Gasteiger partial charge on any atom is -0.356 e. The van der Waals surface area contributed by atoms with Crippen molar-refractivity contribution in [3.63, 3.8) is 0 Å². The summed E-state index contributed by atoms with van der Waals surface area (Å²) in [7, 11) is -3.49. The van der Waals surface area contributed by atoms with Crippen LogP contribution in [0.15, 0.2) is 33.9 Å². The van der Waals surface area contributed by atoms with Gasteiger partial charge in [0.15, 0.2) is 15.7 Å². The molecule has 0 aliphatic carbocycles. The zero-order valence-corrected chi connectivity index (χ0v) is 19.9. The number of rotatable bonds is 6. The third kappa shape index (κ3) is 4.97. The van der Waals surface area contributed by atoms with E-state index >= 15 is 0 Å². The molecular formula is C22H27FN6O3S. The van der Waals surface area contributed by atoms with Gasteiger partial charge in [-0.05, 0) is 38.0 Å². The van der Waals surface area contributed by atoms with Crippen molar-refractivity contribution < 1.29 is 17.3 Å². The Bertz CT molecular complexity index is 1250. The van der Waals surface area contributed by atoms with Crippen molar-refractivity contribution >= 4 is 27.2 Å². The molecule has 1 aliphatic heterocycles. The van der Waals surface area contributed by atoms with Crippen molar-refractivity contribution in [2.24, 2.45) is 0 Å².